The van der Waals surface area contributed by atoms with Gasteiger partial charge in [0, 0.05) is 13.1 Å². The maximum absolute atomic E-state index is 13.7. The van der Waals surface area contributed by atoms with Crippen LogP contribution in [0.1, 0.15) is 18.4 Å². The van der Waals surface area contributed by atoms with E-state index in [0.717, 1.165) is 31.5 Å². The van der Waals surface area contributed by atoms with Crippen molar-refractivity contribution in [3.8, 4) is 0 Å². The van der Waals surface area contributed by atoms with E-state index >= 15 is 0 Å². The number of hydrogen-bond acceptors (Lipinski definition) is 4. The first-order chi connectivity index (χ1) is 13.0. The van der Waals surface area contributed by atoms with E-state index in [2.05, 4.69) is 17.3 Å². The van der Waals surface area contributed by atoms with Crippen molar-refractivity contribution in [3.63, 3.8) is 0 Å². The second-order valence-electron chi connectivity index (χ2n) is 7.82. The van der Waals surface area contributed by atoms with Crippen molar-refractivity contribution < 1.29 is 14.4 Å². The number of nitrogens with one attached hydrogen (secondary N) is 1. The van der Waals surface area contributed by atoms with Crippen molar-refractivity contribution in [1.82, 2.24) is 20.0 Å². The van der Waals surface area contributed by atoms with Crippen LogP contribution >= 0.6 is 0 Å². The quantitative estimate of drug-likeness (QED) is 0.784. The Balaban J connectivity index is 1.61. The van der Waals surface area contributed by atoms with Gasteiger partial charge in [0.2, 0.25) is 17.7 Å². The van der Waals surface area contributed by atoms with Crippen molar-refractivity contribution in [2.24, 2.45) is 0 Å². The SMILES string of the molecule is CN1CCC(C(=O)N2CCN3C(=O)CNC(=O)[C@H]3C2)(c2ccccc2)CC1. The number of piperidine rings is 1. The number of benzene rings is 1. The Morgan fingerprint density at radius 2 is 1.78 bits per heavy atom. The standard InChI is InChI=1S/C20H26N4O3/c1-22-9-7-20(8-10-22,15-5-3-2-4-6-15)19(27)23-11-12-24-16(14-23)18(26)21-13-17(24)25/h2-6,16H,7-14H2,1H3,(H,21,26)/t16-/m1/s1. The predicted molar refractivity (Wildman–Crippen MR) is 99.9 cm³/mol. The first-order valence-electron chi connectivity index (χ1n) is 9.62. The molecule has 0 aliphatic carbocycles. The molecular weight excluding hydrogens is 344 g/mol. The van der Waals surface area contributed by atoms with Crippen molar-refractivity contribution in [2.75, 3.05) is 46.3 Å². The summed E-state index contributed by atoms with van der Waals surface area (Å²) < 4.78 is 0. The summed E-state index contributed by atoms with van der Waals surface area (Å²) in [7, 11) is 2.08. The number of amides is 3. The summed E-state index contributed by atoms with van der Waals surface area (Å²) in [5.41, 5.74) is 0.500. The molecule has 0 spiro atoms. The fourth-order valence-corrected chi connectivity index (χ4v) is 4.56. The summed E-state index contributed by atoms with van der Waals surface area (Å²) in [4.78, 5) is 43.7. The van der Waals surface area contributed by atoms with Gasteiger partial charge in [0.25, 0.3) is 0 Å². The van der Waals surface area contributed by atoms with Crippen molar-refractivity contribution in [3.05, 3.63) is 35.9 Å². The molecule has 0 unspecified atom stereocenters. The van der Waals surface area contributed by atoms with E-state index in [1.807, 2.05) is 30.3 Å². The van der Waals surface area contributed by atoms with Crippen LogP contribution in [0.25, 0.3) is 0 Å². The van der Waals surface area contributed by atoms with Gasteiger partial charge in [-0.15, -0.1) is 0 Å². The highest BCUT2D eigenvalue weighted by Gasteiger charge is 2.47. The predicted octanol–water partition coefficient (Wildman–Crippen LogP) is -0.181. The third-order valence-corrected chi connectivity index (χ3v) is 6.28. The third-order valence-electron chi connectivity index (χ3n) is 6.28. The lowest BCUT2D eigenvalue weighted by molar-refractivity contribution is -0.155. The minimum Gasteiger partial charge on any atom is -0.345 e. The third kappa shape index (κ3) is 3.10. The second-order valence-corrected chi connectivity index (χ2v) is 7.82. The van der Waals surface area contributed by atoms with E-state index in [-0.39, 0.29) is 30.8 Å². The van der Waals surface area contributed by atoms with Gasteiger partial charge in [-0.1, -0.05) is 30.3 Å². The Morgan fingerprint density at radius 1 is 1.07 bits per heavy atom. The van der Waals surface area contributed by atoms with Gasteiger partial charge in [-0.3, -0.25) is 14.4 Å². The molecule has 7 heteroatoms. The molecule has 0 bridgehead atoms. The van der Waals surface area contributed by atoms with E-state index < -0.39 is 11.5 Å². The van der Waals surface area contributed by atoms with Crippen LogP contribution in [0.3, 0.4) is 0 Å². The molecule has 1 atom stereocenters. The Kier molecular flexibility index (Phi) is 4.63. The van der Waals surface area contributed by atoms with Gasteiger partial charge < -0.3 is 20.0 Å². The summed E-state index contributed by atoms with van der Waals surface area (Å²) in [6.45, 7) is 2.97. The van der Waals surface area contributed by atoms with E-state index in [9.17, 15) is 14.4 Å². The monoisotopic (exact) mass is 370 g/mol. The molecule has 1 aromatic rings. The molecule has 3 aliphatic heterocycles. The summed E-state index contributed by atoms with van der Waals surface area (Å²) in [6.07, 6.45) is 1.53. The molecule has 4 rings (SSSR count). The maximum atomic E-state index is 13.7. The molecule has 0 aromatic heterocycles. The fraction of sp³-hybridized carbons (Fsp3) is 0.550. The molecular formula is C20H26N4O3. The van der Waals surface area contributed by atoms with Gasteiger partial charge in [-0.05, 0) is 38.5 Å². The van der Waals surface area contributed by atoms with Crippen LogP contribution < -0.4 is 5.32 Å². The minimum atomic E-state index is -0.567. The summed E-state index contributed by atoms with van der Waals surface area (Å²) in [5, 5.41) is 2.64. The minimum absolute atomic E-state index is 0.0591. The Labute approximate surface area is 159 Å². The number of fused-ring (bicyclic) bond motifs is 1. The van der Waals surface area contributed by atoms with Crippen molar-refractivity contribution in [1.29, 1.82) is 0 Å². The number of piperazine rings is 2. The highest BCUT2D eigenvalue weighted by atomic mass is 16.2. The van der Waals surface area contributed by atoms with Gasteiger partial charge >= 0.3 is 0 Å². The molecule has 3 fully saturated rings. The molecule has 144 valence electrons. The van der Waals surface area contributed by atoms with E-state index in [1.165, 1.54) is 0 Å². The average Bonchev–Trinajstić information content (AvgIpc) is 2.71. The molecule has 3 amide bonds. The smallest absolute Gasteiger partial charge is 0.245 e. The molecule has 3 aliphatic rings. The first kappa shape index (κ1) is 18.0. The lowest BCUT2D eigenvalue weighted by Gasteiger charge is -2.47. The Hall–Kier alpha value is -2.41. The van der Waals surface area contributed by atoms with Crippen molar-refractivity contribution in [2.45, 2.75) is 24.3 Å². The van der Waals surface area contributed by atoms with E-state index in [4.69, 9.17) is 0 Å². The van der Waals surface area contributed by atoms with Gasteiger partial charge in [0.05, 0.1) is 18.5 Å². The summed E-state index contributed by atoms with van der Waals surface area (Å²) in [6, 6.07) is 9.44. The zero-order chi connectivity index (χ0) is 19.0. The molecule has 0 saturated carbocycles. The second kappa shape index (κ2) is 6.96. The fourth-order valence-electron chi connectivity index (χ4n) is 4.56. The lowest BCUT2D eigenvalue weighted by atomic mass is 9.71. The lowest BCUT2D eigenvalue weighted by Crippen LogP contribution is -2.68. The molecule has 0 radical (unpaired) electrons. The van der Waals surface area contributed by atoms with Crippen LogP contribution in [-0.4, -0.2) is 84.8 Å². The number of carbonyl (C=O) groups excluding carboxylic acids is 3. The normalized spacial score (nSPS) is 25.7. The van der Waals surface area contributed by atoms with Crippen LogP contribution in [0.15, 0.2) is 30.3 Å². The Bertz CT molecular complexity index is 743. The van der Waals surface area contributed by atoms with E-state index in [0.29, 0.717) is 13.1 Å². The number of carbonyl (C=O) groups is 3. The molecule has 27 heavy (non-hydrogen) atoms. The van der Waals surface area contributed by atoms with Crippen molar-refractivity contribution >= 4 is 17.7 Å². The van der Waals surface area contributed by atoms with Crippen LogP contribution in [0.5, 0.6) is 0 Å². The largest absolute Gasteiger partial charge is 0.345 e. The van der Waals surface area contributed by atoms with Crippen LogP contribution in [0.2, 0.25) is 0 Å². The van der Waals surface area contributed by atoms with Gasteiger partial charge in [0.15, 0.2) is 0 Å². The summed E-state index contributed by atoms with van der Waals surface area (Å²) in [5.74, 6) is -0.139. The number of rotatable bonds is 2. The van der Waals surface area contributed by atoms with Crippen LogP contribution in [0.4, 0.5) is 0 Å². The number of nitrogens with zero attached hydrogens (tertiary/aromatic N) is 3. The zero-order valence-electron chi connectivity index (χ0n) is 15.7. The van der Waals surface area contributed by atoms with Gasteiger partial charge in [-0.25, -0.2) is 0 Å². The topological polar surface area (TPSA) is 73.0 Å². The zero-order valence-corrected chi connectivity index (χ0v) is 15.7. The summed E-state index contributed by atoms with van der Waals surface area (Å²) >= 11 is 0. The average molecular weight is 370 g/mol. The van der Waals surface area contributed by atoms with Crippen LogP contribution in [-0.2, 0) is 19.8 Å². The van der Waals surface area contributed by atoms with E-state index in [1.54, 1.807) is 9.80 Å². The number of likely N-dealkylation sites (tertiary alicyclic amines) is 1. The number of hydrogen-bond donors (Lipinski definition) is 1. The highest BCUT2D eigenvalue weighted by Crippen LogP contribution is 2.37. The molecule has 3 saturated heterocycles. The van der Waals surface area contributed by atoms with Gasteiger partial charge in [-0.2, -0.15) is 0 Å². The van der Waals surface area contributed by atoms with Crippen LogP contribution in [0, 0.1) is 0 Å². The molecule has 1 N–H and O–H groups in total. The maximum Gasteiger partial charge on any atom is 0.245 e. The first-order valence-corrected chi connectivity index (χ1v) is 9.62. The molecule has 3 heterocycles. The highest BCUT2D eigenvalue weighted by molar-refractivity contribution is 5.96. The Morgan fingerprint density at radius 3 is 2.48 bits per heavy atom. The molecule has 7 nitrogen and oxygen atoms in total. The molecule has 1 aromatic carbocycles. The van der Waals surface area contributed by atoms with Gasteiger partial charge in [0.1, 0.15) is 6.04 Å².